The van der Waals surface area contributed by atoms with E-state index in [1.54, 1.807) is 6.07 Å². The lowest BCUT2D eigenvalue weighted by Gasteiger charge is -2.17. The number of rotatable bonds is 7. The summed E-state index contributed by atoms with van der Waals surface area (Å²) in [5.74, 6) is 0.740. The number of benzene rings is 1. The Bertz CT molecular complexity index is 990. The van der Waals surface area contributed by atoms with Gasteiger partial charge >= 0.3 is 0 Å². The molecule has 0 unspecified atom stereocenters. The molecule has 0 bridgehead atoms. The van der Waals surface area contributed by atoms with Gasteiger partial charge in [0.1, 0.15) is 21.8 Å². The van der Waals surface area contributed by atoms with E-state index in [1.807, 2.05) is 19.9 Å². The van der Waals surface area contributed by atoms with E-state index < -0.39 is 15.9 Å². The van der Waals surface area contributed by atoms with Gasteiger partial charge in [-0.3, -0.25) is 4.79 Å². The minimum absolute atomic E-state index is 0.0596. The molecule has 1 atom stereocenters. The highest BCUT2D eigenvalue weighted by molar-refractivity contribution is 7.91. The van der Waals surface area contributed by atoms with Gasteiger partial charge < -0.3 is 14.8 Å². The van der Waals surface area contributed by atoms with Crippen LogP contribution < -0.4 is 14.8 Å². The normalized spacial score (nSPS) is 16.0. The van der Waals surface area contributed by atoms with Crippen molar-refractivity contribution in [1.82, 2.24) is 4.31 Å². The van der Waals surface area contributed by atoms with Gasteiger partial charge in [-0.1, -0.05) is 11.6 Å². The number of carbonyl (C=O) groups is 1. The van der Waals surface area contributed by atoms with E-state index in [0.717, 1.165) is 27.6 Å². The van der Waals surface area contributed by atoms with E-state index in [2.05, 4.69) is 5.32 Å². The maximum absolute atomic E-state index is 12.5. The molecule has 0 radical (unpaired) electrons. The fourth-order valence-electron chi connectivity index (χ4n) is 2.88. The Morgan fingerprint density at radius 1 is 1.43 bits per heavy atom. The number of ether oxygens (including phenoxy) is 2. The first kappa shape index (κ1) is 20.9. The lowest BCUT2D eigenvalue weighted by Crippen LogP contribution is -2.34. The average molecular weight is 445 g/mol. The van der Waals surface area contributed by atoms with Gasteiger partial charge in [0.2, 0.25) is 5.91 Å². The zero-order valence-corrected chi connectivity index (χ0v) is 18.1. The number of thiophene rings is 1. The number of hydrogen-bond acceptors (Lipinski definition) is 6. The minimum Gasteiger partial charge on any atom is -0.492 e. The van der Waals surface area contributed by atoms with Crippen molar-refractivity contribution in [1.29, 1.82) is 0 Å². The molecule has 1 aliphatic rings. The third-order valence-electron chi connectivity index (χ3n) is 4.15. The van der Waals surface area contributed by atoms with Crippen molar-refractivity contribution in [2.75, 3.05) is 25.5 Å². The van der Waals surface area contributed by atoms with Crippen LogP contribution in [-0.4, -0.2) is 44.9 Å². The lowest BCUT2D eigenvalue weighted by atomic mass is 10.1. The fourth-order valence-corrected chi connectivity index (χ4v) is 5.70. The van der Waals surface area contributed by atoms with Crippen molar-refractivity contribution in [3.8, 4) is 11.5 Å². The van der Waals surface area contributed by atoms with Crippen molar-refractivity contribution in [2.45, 2.75) is 30.6 Å². The SMILES string of the molecule is CCOc1cc2c(cc1NC(=O)CN(C)S(=O)(=O)c1ccc(Cl)s1)O[C@@H](C)C2. The number of carbonyl (C=O) groups excluding carboxylic acids is 1. The van der Waals surface area contributed by atoms with Crippen molar-refractivity contribution in [3.05, 3.63) is 34.2 Å². The number of halogens is 1. The number of fused-ring (bicyclic) bond motifs is 1. The summed E-state index contributed by atoms with van der Waals surface area (Å²) >= 11 is 6.76. The van der Waals surface area contributed by atoms with Crippen molar-refractivity contribution >= 4 is 44.6 Å². The molecule has 0 fully saturated rings. The van der Waals surface area contributed by atoms with Crippen molar-refractivity contribution in [2.24, 2.45) is 0 Å². The molecule has 7 nitrogen and oxygen atoms in total. The molecule has 1 aliphatic heterocycles. The second kappa shape index (κ2) is 8.28. The van der Waals surface area contributed by atoms with Gasteiger partial charge in [-0.2, -0.15) is 4.31 Å². The first-order valence-corrected chi connectivity index (χ1v) is 11.3. The predicted octanol–water partition coefficient (Wildman–Crippen LogP) is 3.38. The summed E-state index contributed by atoms with van der Waals surface area (Å²) in [5, 5.41) is 2.73. The predicted molar refractivity (Wildman–Crippen MR) is 109 cm³/mol. The maximum atomic E-state index is 12.5. The van der Waals surface area contributed by atoms with Gasteiger partial charge in [0.05, 0.1) is 23.2 Å². The molecule has 28 heavy (non-hydrogen) atoms. The molecular formula is C18H21ClN2O5S2. The third kappa shape index (κ3) is 4.43. The molecule has 152 valence electrons. The topological polar surface area (TPSA) is 84.9 Å². The highest BCUT2D eigenvalue weighted by atomic mass is 35.5. The molecule has 0 saturated heterocycles. The molecule has 1 aromatic carbocycles. The third-order valence-corrected chi connectivity index (χ3v) is 7.65. The Hall–Kier alpha value is -1.81. The fraction of sp³-hybridized carbons (Fsp3) is 0.389. The summed E-state index contributed by atoms with van der Waals surface area (Å²) < 4.78 is 37.9. The van der Waals surface area contributed by atoms with Crippen LogP contribution in [0.25, 0.3) is 0 Å². The lowest BCUT2D eigenvalue weighted by molar-refractivity contribution is -0.116. The number of amides is 1. The minimum atomic E-state index is -3.79. The van der Waals surface area contributed by atoms with Crippen LogP contribution in [0.5, 0.6) is 11.5 Å². The standard InChI is InChI=1S/C18H21ClN2O5S2/c1-4-25-15-8-12-7-11(2)26-14(12)9-13(15)20-17(22)10-21(3)28(23,24)18-6-5-16(19)27-18/h5-6,8-9,11H,4,7,10H2,1-3H3,(H,20,22)/t11-/m0/s1. The molecule has 0 aliphatic carbocycles. The highest BCUT2D eigenvalue weighted by Crippen LogP contribution is 2.38. The average Bonchev–Trinajstić information content (AvgIpc) is 3.20. The number of sulfonamides is 1. The Balaban J connectivity index is 1.75. The van der Waals surface area contributed by atoms with Crippen LogP contribution in [0.1, 0.15) is 19.4 Å². The van der Waals surface area contributed by atoms with Gasteiger partial charge in [0.15, 0.2) is 0 Å². The molecule has 1 aromatic heterocycles. The Labute approximate surface area is 173 Å². The quantitative estimate of drug-likeness (QED) is 0.707. The molecule has 1 amide bonds. The van der Waals surface area contributed by atoms with Gasteiger partial charge in [-0.05, 0) is 32.0 Å². The van der Waals surface area contributed by atoms with Crippen LogP contribution in [0.3, 0.4) is 0 Å². The van der Waals surface area contributed by atoms with E-state index >= 15 is 0 Å². The van der Waals surface area contributed by atoms with Gasteiger partial charge in [0, 0.05) is 25.1 Å². The number of likely N-dealkylation sites (N-methyl/N-ethyl adjacent to an activating group) is 1. The van der Waals surface area contributed by atoms with Crippen LogP contribution in [0.4, 0.5) is 5.69 Å². The zero-order valence-electron chi connectivity index (χ0n) is 15.7. The summed E-state index contributed by atoms with van der Waals surface area (Å²) in [4.78, 5) is 12.5. The number of nitrogens with zero attached hydrogens (tertiary/aromatic N) is 1. The second-order valence-corrected chi connectivity index (χ2v) is 10.4. The van der Waals surface area contributed by atoms with Crippen LogP contribution in [-0.2, 0) is 21.2 Å². The summed E-state index contributed by atoms with van der Waals surface area (Å²) in [6.07, 6.45) is 0.831. The first-order valence-electron chi connectivity index (χ1n) is 8.68. The van der Waals surface area contributed by atoms with Gasteiger partial charge in [0.25, 0.3) is 10.0 Å². The van der Waals surface area contributed by atoms with E-state index in [0.29, 0.717) is 28.1 Å². The molecule has 3 rings (SSSR count). The van der Waals surface area contributed by atoms with Crippen LogP contribution in [0, 0.1) is 0 Å². The summed E-state index contributed by atoms with van der Waals surface area (Å²) in [7, 11) is -2.45. The van der Waals surface area contributed by atoms with Gasteiger partial charge in [-0.15, -0.1) is 11.3 Å². The molecule has 10 heteroatoms. The molecular weight excluding hydrogens is 424 g/mol. The van der Waals surface area contributed by atoms with Crippen LogP contribution >= 0.6 is 22.9 Å². The summed E-state index contributed by atoms with van der Waals surface area (Å²) in [6.45, 7) is 3.91. The van der Waals surface area contributed by atoms with E-state index in [4.69, 9.17) is 21.1 Å². The Morgan fingerprint density at radius 3 is 2.82 bits per heavy atom. The summed E-state index contributed by atoms with van der Waals surface area (Å²) in [6, 6.07) is 6.50. The summed E-state index contributed by atoms with van der Waals surface area (Å²) in [5.41, 5.74) is 1.47. The molecule has 2 heterocycles. The molecule has 0 spiro atoms. The second-order valence-electron chi connectivity index (χ2n) is 6.39. The van der Waals surface area contributed by atoms with E-state index in [1.165, 1.54) is 19.2 Å². The monoisotopic (exact) mass is 444 g/mol. The van der Waals surface area contributed by atoms with E-state index in [9.17, 15) is 13.2 Å². The molecule has 1 N–H and O–H groups in total. The highest BCUT2D eigenvalue weighted by Gasteiger charge is 2.26. The molecule has 0 saturated carbocycles. The largest absolute Gasteiger partial charge is 0.492 e. The Morgan fingerprint density at radius 2 is 2.18 bits per heavy atom. The number of nitrogens with one attached hydrogen (secondary N) is 1. The number of anilines is 1. The van der Waals surface area contributed by atoms with Gasteiger partial charge in [-0.25, -0.2) is 8.42 Å². The smallest absolute Gasteiger partial charge is 0.252 e. The van der Waals surface area contributed by atoms with Crippen LogP contribution in [0.2, 0.25) is 4.34 Å². The zero-order chi connectivity index (χ0) is 20.5. The maximum Gasteiger partial charge on any atom is 0.252 e. The van der Waals surface area contributed by atoms with Crippen molar-refractivity contribution < 1.29 is 22.7 Å². The Kier molecular flexibility index (Phi) is 6.18. The first-order chi connectivity index (χ1) is 13.2. The van der Waals surface area contributed by atoms with Crippen LogP contribution in [0.15, 0.2) is 28.5 Å². The van der Waals surface area contributed by atoms with Crippen molar-refractivity contribution in [3.63, 3.8) is 0 Å². The molecule has 2 aromatic rings. The number of hydrogen-bond donors (Lipinski definition) is 1. The van der Waals surface area contributed by atoms with E-state index in [-0.39, 0.29) is 16.9 Å².